The highest BCUT2D eigenvalue weighted by atomic mass is 19.4. The van der Waals surface area contributed by atoms with E-state index in [1.807, 2.05) is 5.32 Å². The van der Waals surface area contributed by atoms with Gasteiger partial charge < -0.3 is 10.4 Å². The van der Waals surface area contributed by atoms with Crippen LogP contribution >= 0.6 is 0 Å². The van der Waals surface area contributed by atoms with E-state index < -0.39 is 53.4 Å². The van der Waals surface area contributed by atoms with Crippen LogP contribution in [0.25, 0.3) is 0 Å². The Kier molecular flexibility index (Phi) is 5.41. The van der Waals surface area contributed by atoms with Gasteiger partial charge in [-0.25, -0.2) is 4.98 Å². The molecule has 0 aliphatic heterocycles. The quantitative estimate of drug-likeness (QED) is 0.775. The Labute approximate surface area is 146 Å². The highest BCUT2D eigenvalue weighted by Crippen LogP contribution is 2.32. The fourth-order valence-electron chi connectivity index (χ4n) is 1.93. The van der Waals surface area contributed by atoms with Gasteiger partial charge in [0.2, 0.25) is 0 Å². The molecule has 0 aromatic carbocycles. The van der Waals surface area contributed by atoms with Gasteiger partial charge >= 0.3 is 12.4 Å². The molecule has 2 aromatic heterocycles. The van der Waals surface area contributed by atoms with Gasteiger partial charge in [0, 0.05) is 6.20 Å². The lowest BCUT2D eigenvalue weighted by atomic mass is 10.2. The summed E-state index contributed by atoms with van der Waals surface area (Å²) < 4.78 is 76.6. The number of nitrogens with zero attached hydrogens (tertiary/aromatic N) is 4. The lowest BCUT2D eigenvalue weighted by molar-refractivity contribution is -0.138. The van der Waals surface area contributed by atoms with Crippen LogP contribution in [0, 0.1) is 11.3 Å². The minimum absolute atomic E-state index is 0.450. The summed E-state index contributed by atoms with van der Waals surface area (Å²) in [4.78, 5) is 15.1. The van der Waals surface area contributed by atoms with E-state index in [0.717, 1.165) is 6.20 Å². The van der Waals surface area contributed by atoms with Crippen molar-refractivity contribution in [3.8, 4) is 6.07 Å². The molecular formula is C14H9F6N5O2. The second-order valence-corrected chi connectivity index (χ2v) is 5.18. The summed E-state index contributed by atoms with van der Waals surface area (Å²) in [5, 5.41) is 23.6. The Balaban J connectivity index is 2.11. The molecule has 0 aliphatic carbocycles. The number of hydrogen-bond acceptors (Lipinski definition) is 5. The predicted molar refractivity (Wildman–Crippen MR) is 75.8 cm³/mol. The number of rotatable bonds is 4. The maximum atomic E-state index is 12.8. The van der Waals surface area contributed by atoms with E-state index in [1.165, 1.54) is 6.07 Å². The van der Waals surface area contributed by atoms with Gasteiger partial charge in [-0.15, -0.1) is 0 Å². The first-order chi connectivity index (χ1) is 12.4. The highest BCUT2D eigenvalue weighted by Gasteiger charge is 2.35. The minimum atomic E-state index is -4.90. The van der Waals surface area contributed by atoms with Crippen LogP contribution in [-0.4, -0.2) is 31.9 Å². The number of hydrogen-bond donors (Lipinski definition) is 2. The van der Waals surface area contributed by atoms with E-state index in [4.69, 9.17) is 5.26 Å². The number of nitriles is 1. The van der Waals surface area contributed by atoms with Crippen molar-refractivity contribution in [2.45, 2.75) is 25.0 Å². The van der Waals surface area contributed by atoms with Crippen molar-refractivity contribution in [1.82, 2.24) is 14.8 Å². The molecule has 0 fully saturated rings. The molecule has 144 valence electrons. The van der Waals surface area contributed by atoms with Gasteiger partial charge in [-0.3, -0.25) is 9.48 Å². The first kappa shape index (κ1) is 20.2. The van der Waals surface area contributed by atoms with Crippen LogP contribution in [-0.2, 0) is 23.7 Å². The Bertz CT molecular complexity index is 883. The van der Waals surface area contributed by atoms with Crippen molar-refractivity contribution in [1.29, 1.82) is 5.26 Å². The molecule has 27 heavy (non-hydrogen) atoms. The number of anilines is 1. The average molecular weight is 393 g/mol. The lowest BCUT2D eigenvalue weighted by Gasteiger charge is -2.13. The largest absolute Gasteiger partial charge is 0.419 e. The van der Waals surface area contributed by atoms with Crippen molar-refractivity contribution < 1.29 is 36.2 Å². The number of nitrogens with one attached hydrogen (secondary N) is 1. The molecule has 7 nitrogen and oxygen atoms in total. The number of carbonyl (C=O) groups excluding carboxylic acids is 1. The van der Waals surface area contributed by atoms with Crippen LogP contribution in [0.1, 0.15) is 16.8 Å². The molecule has 2 aromatic rings. The van der Waals surface area contributed by atoms with Gasteiger partial charge in [0.1, 0.15) is 6.07 Å². The van der Waals surface area contributed by atoms with Crippen molar-refractivity contribution in [3.05, 3.63) is 41.5 Å². The molecule has 0 bridgehead atoms. The number of amides is 1. The predicted octanol–water partition coefficient (Wildman–Crippen LogP) is 2.19. The molecule has 0 saturated carbocycles. The summed E-state index contributed by atoms with van der Waals surface area (Å²) in [6.07, 6.45) is -9.65. The third-order valence-corrected chi connectivity index (χ3v) is 3.19. The fourth-order valence-corrected chi connectivity index (χ4v) is 1.93. The molecule has 2 N–H and O–H groups in total. The van der Waals surface area contributed by atoms with Crippen molar-refractivity contribution in [2.24, 2.45) is 0 Å². The summed E-state index contributed by atoms with van der Waals surface area (Å²) in [7, 11) is 0. The number of pyridine rings is 1. The average Bonchev–Trinajstić information content (AvgIpc) is 3.02. The van der Waals surface area contributed by atoms with Crippen molar-refractivity contribution in [2.75, 3.05) is 5.32 Å². The second kappa shape index (κ2) is 7.23. The van der Waals surface area contributed by atoms with Gasteiger partial charge in [0.15, 0.2) is 11.8 Å². The maximum absolute atomic E-state index is 12.8. The van der Waals surface area contributed by atoms with Crippen molar-refractivity contribution >= 4 is 11.6 Å². The number of halogens is 6. The zero-order valence-electron chi connectivity index (χ0n) is 13.0. The van der Waals surface area contributed by atoms with Gasteiger partial charge in [0.05, 0.1) is 35.8 Å². The normalized spacial score (nSPS) is 13.1. The van der Waals surface area contributed by atoms with Gasteiger partial charge in [0.25, 0.3) is 5.91 Å². The van der Waals surface area contributed by atoms with Crippen LogP contribution in [0.4, 0.5) is 32.0 Å². The molecule has 0 aliphatic rings. The number of alkyl halides is 6. The Morgan fingerprint density at radius 1 is 1.26 bits per heavy atom. The van der Waals surface area contributed by atoms with Gasteiger partial charge in [-0.1, -0.05) is 0 Å². The first-order valence-electron chi connectivity index (χ1n) is 6.97. The van der Waals surface area contributed by atoms with Gasteiger partial charge in [-0.2, -0.15) is 36.7 Å². The number of aliphatic hydroxyl groups is 1. The molecule has 2 rings (SSSR count). The van der Waals surface area contributed by atoms with Crippen LogP contribution in [0.5, 0.6) is 0 Å². The van der Waals surface area contributed by atoms with E-state index in [1.54, 1.807) is 0 Å². The zero-order chi connectivity index (χ0) is 20.4. The topological polar surface area (TPSA) is 104 Å². The molecule has 1 atom stereocenters. The Morgan fingerprint density at radius 3 is 2.44 bits per heavy atom. The standard InChI is InChI=1S/C14H9F6N5O2/c15-13(16,17)7-3-23-25(5-7)6-11(26)12(27)24-8-1-9(14(18,19)20)10(2-21)22-4-8/h1,3-5,11,26H,6H2,(H,24,27)/t11-/m0/s1. The van der Waals surface area contributed by atoms with E-state index in [0.29, 0.717) is 23.1 Å². The molecule has 0 spiro atoms. The number of aromatic nitrogens is 3. The number of carbonyl (C=O) groups is 1. The molecule has 1 amide bonds. The molecule has 0 unspecified atom stereocenters. The van der Waals surface area contributed by atoms with Crippen LogP contribution in [0.15, 0.2) is 24.7 Å². The molecule has 0 saturated heterocycles. The SMILES string of the molecule is N#Cc1ncc(NC(=O)[C@@H](O)Cn2cc(C(F)(F)F)cn2)cc1C(F)(F)F. The number of aliphatic hydroxyl groups excluding tert-OH is 1. The van der Waals surface area contributed by atoms with Gasteiger partial charge in [-0.05, 0) is 6.07 Å². The van der Waals surface area contributed by atoms with E-state index in [9.17, 15) is 36.2 Å². The first-order valence-corrected chi connectivity index (χ1v) is 6.97. The molecule has 13 heteroatoms. The van der Waals surface area contributed by atoms with Crippen LogP contribution in [0.2, 0.25) is 0 Å². The summed E-state index contributed by atoms with van der Waals surface area (Å²) in [5.74, 6) is -1.20. The van der Waals surface area contributed by atoms with Crippen LogP contribution < -0.4 is 5.32 Å². The summed E-state index contributed by atoms with van der Waals surface area (Å²) in [6, 6.07) is 1.71. The third-order valence-electron chi connectivity index (χ3n) is 3.19. The molecule has 0 radical (unpaired) electrons. The molecule has 2 heterocycles. The summed E-state index contributed by atoms with van der Waals surface area (Å²) in [5.41, 5.74) is -3.85. The monoisotopic (exact) mass is 393 g/mol. The van der Waals surface area contributed by atoms with E-state index in [2.05, 4.69) is 10.1 Å². The Morgan fingerprint density at radius 2 is 1.93 bits per heavy atom. The smallest absolute Gasteiger partial charge is 0.381 e. The summed E-state index contributed by atoms with van der Waals surface area (Å²) >= 11 is 0. The van der Waals surface area contributed by atoms with E-state index >= 15 is 0 Å². The third kappa shape index (κ3) is 4.94. The van der Waals surface area contributed by atoms with E-state index in [-0.39, 0.29) is 0 Å². The Hall–Kier alpha value is -3.14. The lowest BCUT2D eigenvalue weighted by Crippen LogP contribution is -2.32. The van der Waals surface area contributed by atoms with Crippen molar-refractivity contribution in [3.63, 3.8) is 0 Å². The van der Waals surface area contributed by atoms with Crippen LogP contribution in [0.3, 0.4) is 0 Å². The maximum Gasteiger partial charge on any atom is 0.419 e. The minimum Gasteiger partial charge on any atom is -0.381 e. The highest BCUT2D eigenvalue weighted by molar-refractivity contribution is 5.93. The second-order valence-electron chi connectivity index (χ2n) is 5.18. The molecular weight excluding hydrogens is 384 g/mol. The summed E-state index contributed by atoms with van der Waals surface area (Å²) in [6.45, 7) is -0.669. The zero-order valence-corrected chi connectivity index (χ0v) is 13.0. The fraction of sp³-hybridized carbons (Fsp3) is 0.286.